The van der Waals surface area contributed by atoms with Crippen LogP contribution in [0.2, 0.25) is 0 Å². The summed E-state index contributed by atoms with van der Waals surface area (Å²) < 4.78 is 11.1. The van der Waals surface area contributed by atoms with Gasteiger partial charge in [-0.05, 0) is 0 Å². The van der Waals surface area contributed by atoms with E-state index in [0.29, 0.717) is 19.8 Å². The lowest BCUT2D eigenvalue weighted by Gasteiger charge is -2.32. The lowest BCUT2D eigenvalue weighted by atomic mass is 9.90. The Balaban J connectivity index is 2.04. The zero-order chi connectivity index (χ0) is 11.9. The molecule has 1 saturated heterocycles. The van der Waals surface area contributed by atoms with E-state index in [2.05, 4.69) is 9.97 Å². The molecule has 1 N–H and O–H groups in total. The van der Waals surface area contributed by atoms with Gasteiger partial charge in [0.2, 0.25) is 5.82 Å². The Kier molecular flexibility index (Phi) is 2.34. The van der Waals surface area contributed by atoms with Crippen molar-refractivity contribution >= 4 is 5.97 Å². The molecule has 90 valence electrons. The number of aromatic nitrogens is 2. The molecule has 3 rings (SSSR count). The summed E-state index contributed by atoms with van der Waals surface area (Å²) in [7, 11) is 0. The summed E-state index contributed by atoms with van der Waals surface area (Å²) in [4.78, 5) is 18.8. The first-order valence-corrected chi connectivity index (χ1v) is 5.53. The predicted molar refractivity (Wildman–Crippen MR) is 55.5 cm³/mol. The van der Waals surface area contributed by atoms with Crippen LogP contribution >= 0.6 is 0 Å². The van der Waals surface area contributed by atoms with Crippen molar-refractivity contribution in [1.29, 1.82) is 0 Å². The fourth-order valence-corrected chi connectivity index (χ4v) is 2.38. The average Bonchev–Trinajstić information content (AvgIpc) is 2.69. The number of carboxylic acid groups (broad SMARTS) is 1. The molecule has 0 saturated carbocycles. The SMILES string of the molecule is O=C(O)c1ncc2c(n1)C1(CCOCC1)OC2. The molecule has 3 heterocycles. The smallest absolute Gasteiger partial charge is 0.373 e. The Hall–Kier alpha value is -1.53. The molecule has 6 heteroatoms. The second-order valence-corrected chi connectivity index (χ2v) is 4.27. The number of hydrogen-bond donors (Lipinski definition) is 1. The predicted octanol–water partition coefficient (Wildman–Crippen LogP) is 0.711. The maximum absolute atomic E-state index is 10.9. The van der Waals surface area contributed by atoms with Crippen LogP contribution in [0.4, 0.5) is 0 Å². The van der Waals surface area contributed by atoms with E-state index in [9.17, 15) is 4.79 Å². The molecular weight excluding hydrogens is 224 g/mol. The fraction of sp³-hybridized carbons (Fsp3) is 0.545. The molecule has 6 nitrogen and oxygen atoms in total. The molecule has 1 aromatic heterocycles. The number of hydrogen-bond acceptors (Lipinski definition) is 5. The minimum absolute atomic E-state index is 0.167. The quantitative estimate of drug-likeness (QED) is 0.773. The molecular formula is C11H12N2O4. The Morgan fingerprint density at radius 1 is 1.41 bits per heavy atom. The lowest BCUT2D eigenvalue weighted by Crippen LogP contribution is -2.34. The highest BCUT2D eigenvalue weighted by Crippen LogP contribution is 2.42. The normalized spacial score (nSPS) is 21.4. The van der Waals surface area contributed by atoms with Crippen LogP contribution in [0.3, 0.4) is 0 Å². The monoisotopic (exact) mass is 236 g/mol. The van der Waals surface area contributed by atoms with E-state index in [1.54, 1.807) is 6.20 Å². The van der Waals surface area contributed by atoms with E-state index in [1.165, 1.54) is 0 Å². The van der Waals surface area contributed by atoms with Gasteiger partial charge in [-0.1, -0.05) is 0 Å². The Bertz CT molecular complexity index is 463. The summed E-state index contributed by atoms with van der Waals surface area (Å²) in [5, 5.41) is 8.91. The molecule has 1 fully saturated rings. The number of ether oxygens (including phenoxy) is 2. The van der Waals surface area contributed by atoms with Crippen molar-refractivity contribution in [2.75, 3.05) is 13.2 Å². The third-order valence-electron chi connectivity index (χ3n) is 3.29. The van der Waals surface area contributed by atoms with Gasteiger partial charge < -0.3 is 14.6 Å². The van der Waals surface area contributed by atoms with Gasteiger partial charge in [-0.15, -0.1) is 0 Å². The van der Waals surface area contributed by atoms with Gasteiger partial charge in [-0.25, -0.2) is 14.8 Å². The van der Waals surface area contributed by atoms with Crippen molar-refractivity contribution in [3.63, 3.8) is 0 Å². The molecule has 0 unspecified atom stereocenters. The Morgan fingerprint density at radius 3 is 2.88 bits per heavy atom. The highest BCUT2D eigenvalue weighted by molar-refractivity contribution is 5.83. The Labute approximate surface area is 97.6 Å². The van der Waals surface area contributed by atoms with E-state index in [-0.39, 0.29) is 5.82 Å². The Morgan fingerprint density at radius 2 is 2.18 bits per heavy atom. The first kappa shape index (κ1) is 10.6. The molecule has 0 aromatic carbocycles. The van der Waals surface area contributed by atoms with Crippen LogP contribution < -0.4 is 0 Å². The number of nitrogens with zero attached hydrogens (tertiary/aromatic N) is 2. The second kappa shape index (κ2) is 3.75. The van der Waals surface area contributed by atoms with Crippen LogP contribution in [0.1, 0.15) is 34.7 Å². The first-order valence-electron chi connectivity index (χ1n) is 5.53. The minimum atomic E-state index is -1.11. The van der Waals surface area contributed by atoms with Crippen molar-refractivity contribution in [3.05, 3.63) is 23.3 Å². The highest BCUT2D eigenvalue weighted by atomic mass is 16.5. The van der Waals surface area contributed by atoms with Crippen molar-refractivity contribution < 1.29 is 19.4 Å². The molecule has 0 bridgehead atoms. The number of carbonyl (C=O) groups is 1. The van der Waals surface area contributed by atoms with Gasteiger partial charge in [0.1, 0.15) is 5.60 Å². The standard InChI is InChI=1S/C11H12N2O4/c14-10(15)9-12-5-7-6-17-11(8(7)13-9)1-3-16-4-2-11/h5H,1-4,6H2,(H,14,15). The van der Waals surface area contributed by atoms with Crippen LogP contribution in [0.15, 0.2) is 6.20 Å². The van der Waals surface area contributed by atoms with E-state index in [0.717, 1.165) is 24.1 Å². The van der Waals surface area contributed by atoms with Crippen LogP contribution in [0.5, 0.6) is 0 Å². The maximum atomic E-state index is 10.9. The zero-order valence-corrected chi connectivity index (χ0v) is 9.18. The highest BCUT2D eigenvalue weighted by Gasteiger charge is 2.43. The van der Waals surface area contributed by atoms with Crippen molar-refractivity contribution in [1.82, 2.24) is 9.97 Å². The third kappa shape index (κ3) is 1.60. The lowest BCUT2D eigenvalue weighted by molar-refractivity contribution is -0.109. The third-order valence-corrected chi connectivity index (χ3v) is 3.29. The summed E-state index contributed by atoms with van der Waals surface area (Å²) in [6.07, 6.45) is 2.99. The van der Waals surface area contributed by atoms with Gasteiger partial charge in [-0.3, -0.25) is 0 Å². The van der Waals surface area contributed by atoms with E-state index in [4.69, 9.17) is 14.6 Å². The van der Waals surface area contributed by atoms with Crippen LogP contribution in [-0.4, -0.2) is 34.3 Å². The number of carboxylic acids is 1. The number of fused-ring (bicyclic) bond motifs is 2. The van der Waals surface area contributed by atoms with Gasteiger partial charge in [0.05, 0.1) is 12.3 Å². The average molecular weight is 236 g/mol. The minimum Gasteiger partial charge on any atom is -0.475 e. The summed E-state index contributed by atoms with van der Waals surface area (Å²) >= 11 is 0. The summed E-state index contributed by atoms with van der Waals surface area (Å²) in [5.41, 5.74) is 1.16. The summed E-state index contributed by atoms with van der Waals surface area (Å²) in [6.45, 7) is 1.69. The fourth-order valence-electron chi connectivity index (χ4n) is 2.38. The summed E-state index contributed by atoms with van der Waals surface area (Å²) in [6, 6.07) is 0. The topological polar surface area (TPSA) is 81.5 Å². The first-order chi connectivity index (χ1) is 8.21. The van der Waals surface area contributed by atoms with Crippen LogP contribution in [0.25, 0.3) is 0 Å². The van der Waals surface area contributed by atoms with Crippen molar-refractivity contribution in [3.8, 4) is 0 Å². The van der Waals surface area contributed by atoms with E-state index < -0.39 is 11.6 Å². The molecule has 17 heavy (non-hydrogen) atoms. The van der Waals surface area contributed by atoms with Gasteiger partial charge in [-0.2, -0.15) is 0 Å². The molecule has 2 aliphatic heterocycles. The summed E-state index contributed by atoms with van der Waals surface area (Å²) in [5.74, 6) is -1.28. The molecule has 0 aliphatic carbocycles. The van der Waals surface area contributed by atoms with Crippen LogP contribution in [-0.2, 0) is 21.7 Å². The molecule has 1 aromatic rings. The van der Waals surface area contributed by atoms with Crippen molar-refractivity contribution in [2.24, 2.45) is 0 Å². The van der Waals surface area contributed by atoms with Gasteiger partial charge in [0.25, 0.3) is 0 Å². The van der Waals surface area contributed by atoms with Crippen LogP contribution in [0, 0.1) is 0 Å². The maximum Gasteiger partial charge on any atom is 0.373 e. The van der Waals surface area contributed by atoms with Gasteiger partial charge >= 0.3 is 5.97 Å². The molecule has 1 spiro atoms. The van der Waals surface area contributed by atoms with E-state index >= 15 is 0 Å². The van der Waals surface area contributed by atoms with Gasteiger partial charge in [0, 0.05) is 37.8 Å². The van der Waals surface area contributed by atoms with Gasteiger partial charge in [0.15, 0.2) is 0 Å². The zero-order valence-electron chi connectivity index (χ0n) is 9.18. The van der Waals surface area contributed by atoms with Crippen molar-refractivity contribution in [2.45, 2.75) is 25.0 Å². The number of rotatable bonds is 1. The molecule has 0 radical (unpaired) electrons. The number of aromatic carboxylic acids is 1. The molecule has 0 atom stereocenters. The second-order valence-electron chi connectivity index (χ2n) is 4.27. The molecule has 2 aliphatic rings. The molecule has 0 amide bonds. The largest absolute Gasteiger partial charge is 0.475 e. The van der Waals surface area contributed by atoms with E-state index in [1.807, 2.05) is 0 Å².